The Kier molecular flexibility index (Phi) is 4.29. The molecule has 9 nitrogen and oxygen atoms in total. The monoisotopic (exact) mass is 327 g/mol. The largest absolute Gasteiger partial charge is 0.393 e. The van der Waals surface area contributed by atoms with Gasteiger partial charge in [-0.15, -0.1) is 10.2 Å². The van der Waals surface area contributed by atoms with E-state index >= 15 is 0 Å². The molecule has 0 saturated heterocycles. The van der Waals surface area contributed by atoms with E-state index in [-0.39, 0.29) is 16.9 Å². The van der Waals surface area contributed by atoms with E-state index in [1.807, 2.05) is 6.07 Å². The maximum atomic E-state index is 11.0. The van der Waals surface area contributed by atoms with E-state index in [1.54, 1.807) is 0 Å². The number of nitrogens with zero attached hydrogens (tertiary/aromatic N) is 5. The fourth-order valence-corrected chi connectivity index (χ4v) is 2.91. The predicted molar refractivity (Wildman–Crippen MR) is 87.1 cm³/mol. The van der Waals surface area contributed by atoms with Crippen molar-refractivity contribution in [2.24, 2.45) is 0 Å². The number of nitro groups is 1. The number of nitrogens with two attached hydrogens (primary N) is 1. The molecule has 9 heteroatoms. The molecule has 124 valence electrons. The molecule has 2 aromatic rings. The van der Waals surface area contributed by atoms with Crippen LogP contribution < -0.4 is 11.1 Å². The fraction of sp³-hybridized carbons (Fsp3) is 0.400. The molecule has 0 radical (unpaired) electrons. The van der Waals surface area contributed by atoms with Crippen LogP contribution in [-0.2, 0) is 19.5 Å². The molecule has 3 rings (SSSR count). The SMILES string of the molecule is N#Cc1cc(NCc2nnc3n2CCCCC3)cc(N)c1[N+](=O)[O-]. The van der Waals surface area contributed by atoms with Gasteiger partial charge in [-0.25, -0.2) is 0 Å². The molecule has 1 aromatic carbocycles. The minimum Gasteiger partial charge on any atom is -0.393 e. The number of fused-ring (bicyclic) bond motifs is 1. The minimum atomic E-state index is -0.643. The van der Waals surface area contributed by atoms with Gasteiger partial charge in [0.15, 0.2) is 5.82 Å². The highest BCUT2D eigenvalue weighted by Crippen LogP contribution is 2.30. The Labute approximate surface area is 138 Å². The summed E-state index contributed by atoms with van der Waals surface area (Å²) in [4.78, 5) is 10.3. The second-order valence-corrected chi connectivity index (χ2v) is 5.68. The average Bonchev–Trinajstić information content (AvgIpc) is 2.78. The lowest BCUT2D eigenvalue weighted by molar-refractivity contribution is -0.384. The number of benzene rings is 1. The van der Waals surface area contributed by atoms with Gasteiger partial charge in [0.2, 0.25) is 0 Å². The van der Waals surface area contributed by atoms with Crippen molar-refractivity contribution in [3.8, 4) is 6.07 Å². The minimum absolute atomic E-state index is 0.0402. The summed E-state index contributed by atoms with van der Waals surface area (Å²) in [6.45, 7) is 1.31. The summed E-state index contributed by atoms with van der Waals surface area (Å²) in [5, 5.41) is 31.6. The first-order valence-corrected chi connectivity index (χ1v) is 7.73. The van der Waals surface area contributed by atoms with Gasteiger partial charge in [0.05, 0.1) is 11.5 Å². The molecular formula is C15H17N7O2. The number of nitro benzene ring substituents is 1. The topological polar surface area (TPSA) is 136 Å². The molecule has 0 unspecified atom stereocenters. The average molecular weight is 327 g/mol. The van der Waals surface area contributed by atoms with E-state index in [0.29, 0.717) is 12.2 Å². The van der Waals surface area contributed by atoms with Crippen molar-refractivity contribution in [3.63, 3.8) is 0 Å². The Morgan fingerprint density at radius 1 is 1.38 bits per heavy atom. The van der Waals surface area contributed by atoms with E-state index in [0.717, 1.165) is 37.5 Å². The highest BCUT2D eigenvalue weighted by molar-refractivity contribution is 5.72. The Morgan fingerprint density at radius 2 is 2.21 bits per heavy atom. The summed E-state index contributed by atoms with van der Waals surface area (Å²) in [5.41, 5.74) is 5.79. The van der Waals surface area contributed by atoms with Crippen LogP contribution in [0, 0.1) is 21.4 Å². The molecule has 1 aliphatic heterocycles. The molecule has 0 aliphatic carbocycles. The van der Waals surface area contributed by atoms with Crippen LogP contribution >= 0.6 is 0 Å². The van der Waals surface area contributed by atoms with E-state index < -0.39 is 4.92 Å². The molecule has 1 aliphatic rings. The molecule has 1 aromatic heterocycles. The van der Waals surface area contributed by atoms with Crippen LogP contribution in [0.15, 0.2) is 12.1 Å². The van der Waals surface area contributed by atoms with Crippen molar-refractivity contribution in [1.82, 2.24) is 14.8 Å². The lowest BCUT2D eigenvalue weighted by Gasteiger charge is -2.10. The van der Waals surface area contributed by atoms with Gasteiger partial charge in [-0.1, -0.05) is 6.42 Å². The molecule has 0 spiro atoms. The van der Waals surface area contributed by atoms with Gasteiger partial charge in [0.25, 0.3) is 0 Å². The van der Waals surface area contributed by atoms with Crippen LogP contribution in [0.1, 0.15) is 36.5 Å². The third-order valence-electron chi connectivity index (χ3n) is 4.08. The maximum Gasteiger partial charge on any atom is 0.309 e. The summed E-state index contributed by atoms with van der Waals surface area (Å²) in [7, 11) is 0. The van der Waals surface area contributed by atoms with E-state index in [9.17, 15) is 10.1 Å². The zero-order chi connectivity index (χ0) is 17.1. The summed E-state index contributed by atoms with van der Waals surface area (Å²) in [6.07, 6.45) is 4.33. The third-order valence-corrected chi connectivity index (χ3v) is 4.08. The highest BCUT2D eigenvalue weighted by atomic mass is 16.6. The van der Waals surface area contributed by atoms with Crippen LogP contribution in [0.5, 0.6) is 0 Å². The summed E-state index contributed by atoms with van der Waals surface area (Å²) >= 11 is 0. The summed E-state index contributed by atoms with van der Waals surface area (Å²) < 4.78 is 2.11. The Balaban J connectivity index is 1.81. The number of nitrogens with one attached hydrogen (secondary N) is 1. The van der Waals surface area contributed by atoms with Crippen LogP contribution in [-0.4, -0.2) is 19.7 Å². The standard InChI is InChI=1S/C15H17N7O2/c16-8-10-6-11(7-12(17)15(10)22(23)24)18-9-14-20-19-13-4-2-1-3-5-21(13)14/h6-7,18H,1-5,9,17H2. The van der Waals surface area contributed by atoms with Crippen molar-refractivity contribution in [2.45, 2.75) is 38.8 Å². The smallest absolute Gasteiger partial charge is 0.309 e. The lowest BCUT2D eigenvalue weighted by Crippen LogP contribution is -2.11. The van der Waals surface area contributed by atoms with E-state index in [4.69, 9.17) is 11.0 Å². The number of aromatic nitrogens is 3. The molecule has 0 bridgehead atoms. The molecule has 3 N–H and O–H groups in total. The normalized spacial score (nSPS) is 13.6. The molecule has 24 heavy (non-hydrogen) atoms. The zero-order valence-corrected chi connectivity index (χ0v) is 13.0. The molecule has 0 fully saturated rings. The maximum absolute atomic E-state index is 11.0. The van der Waals surface area contributed by atoms with Crippen molar-refractivity contribution in [2.75, 3.05) is 11.1 Å². The quantitative estimate of drug-likeness (QED) is 0.497. The van der Waals surface area contributed by atoms with Crippen LogP contribution in [0.2, 0.25) is 0 Å². The number of hydrogen-bond donors (Lipinski definition) is 2. The third kappa shape index (κ3) is 2.99. The van der Waals surface area contributed by atoms with Crippen molar-refractivity contribution < 1.29 is 4.92 Å². The predicted octanol–water partition coefficient (Wildman–Crippen LogP) is 1.98. The van der Waals surface area contributed by atoms with Crippen LogP contribution in [0.3, 0.4) is 0 Å². The number of nitriles is 1. The van der Waals surface area contributed by atoms with Crippen molar-refractivity contribution >= 4 is 17.1 Å². The van der Waals surface area contributed by atoms with E-state index in [1.165, 1.54) is 18.6 Å². The van der Waals surface area contributed by atoms with Crippen LogP contribution in [0.4, 0.5) is 17.1 Å². The van der Waals surface area contributed by atoms with Crippen molar-refractivity contribution in [1.29, 1.82) is 5.26 Å². The number of nitrogen functional groups attached to an aromatic ring is 1. The van der Waals surface area contributed by atoms with Gasteiger partial charge in [-0.3, -0.25) is 10.1 Å². The van der Waals surface area contributed by atoms with Crippen LogP contribution in [0.25, 0.3) is 0 Å². The molecule has 0 atom stereocenters. The van der Waals surface area contributed by atoms with Crippen molar-refractivity contribution in [3.05, 3.63) is 39.5 Å². The molecule has 2 heterocycles. The van der Waals surface area contributed by atoms with Gasteiger partial charge in [0.1, 0.15) is 23.1 Å². The van der Waals surface area contributed by atoms with Gasteiger partial charge < -0.3 is 15.6 Å². The van der Waals surface area contributed by atoms with Gasteiger partial charge >= 0.3 is 5.69 Å². The second kappa shape index (κ2) is 6.54. The van der Waals surface area contributed by atoms with Gasteiger partial charge in [-0.05, 0) is 25.0 Å². The zero-order valence-electron chi connectivity index (χ0n) is 13.0. The van der Waals surface area contributed by atoms with E-state index in [2.05, 4.69) is 20.1 Å². The summed E-state index contributed by atoms with van der Waals surface area (Å²) in [6, 6.07) is 4.70. The first-order chi connectivity index (χ1) is 11.6. The Bertz CT molecular complexity index is 822. The van der Waals surface area contributed by atoms with Gasteiger partial charge in [-0.2, -0.15) is 5.26 Å². The molecule has 0 amide bonds. The Hall–Kier alpha value is -3.15. The number of hydrogen-bond acceptors (Lipinski definition) is 7. The Morgan fingerprint density at radius 3 is 2.96 bits per heavy atom. The number of anilines is 2. The molecule has 0 saturated carbocycles. The molecular weight excluding hydrogens is 310 g/mol. The lowest BCUT2D eigenvalue weighted by atomic mass is 10.1. The number of aryl methyl sites for hydroxylation is 1. The first-order valence-electron chi connectivity index (χ1n) is 7.73. The second-order valence-electron chi connectivity index (χ2n) is 5.68. The highest BCUT2D eigenvalue weighted by Gasteiger charge is 2.20. The van der Waals surface area contributed by atoms with Gasteiger partial charge in [0, 0.05) is 18.7 Å². The first kappa shape index (κ1) is 15.7. The summed E-state index contributed by atoms with van der Waals surface area (Å²) in [5.74, 6) is 1.80. The number of rotatable bonds is 4. The fourth-order valence-electron chi connectivity index (χ4n) is 2.91.